The number of rotatable bonds is 4. The third-order valence-electron chi connectivity index (χ3n) is 2.56. The van der Waals surface area contributed by atoms with Crippen LogP contribution in [0.5, 0.6) is 0 Å². The maximum Gasteiger partial charge on any atom is 0.177 e. The van der Waals surface area contributed by atoms with E-state index < -0.39 is 11.6 Å². The number of nitrogens with zero attached hydrogens (tertiary/aromatic N) is 3. The van der Waals surface area contributed by atoms with Gasteiger partial charge in [-0.15, -0.1) is 0 Å². The van der Waals surface area contributed by atoms with Crippen LogP contribution in [0.15, 0.2) is 35.4 Å². The lowest BCUT2D eigenvalue weighted by Crippen LogP contribution is -2.43. The number of ketones is 1. The lowest BCUT2D eigenvalue weighted by atomic mass is 9.87. The zero-order chi connectivity index (χ0) is 12.2. The van der Waals surface area contributed by atoms with Crippen LogP contribution >= 0.6 is 0 Å². The molecular weight excluding hydrogens is 206 g/mol. The van der Waals surface area contributed by atoms with E-state index in [9.17, 15) is 9.90 Å². The molecule has 0 aliphatic heterocycles. The molecule has 0 unspecified atom stereocenters. The number of azide groups is 1. The highest BCUT2D eigenvalue weighted by Crippen LogP contribution is 2.22. The number of carbonyl (C=O) groups excluding carboxylic acids is 1. The van der Waals surface area contributed by atoms with Gasteiger partial charge in [0.15, 0.2) is 5.78 Å². The van der Waals surface area contributed by atoms with Crippen molar-refractivity contribution in [1.29, 1.82) is 0 Å². The van der Waals surface area contributed by atoms with Crippen molar-refractivity contribution in [2.75, 3.05) is 0 Å². The minimum absolute atomic E-state index is 0.388. The zero-order valence-corrected chi connectivity index (χ0v) is 9.16. The van der Waals surface area contributed by atoms with E-state index in [1.807, 2.05) is 0 Å². The predicted molar refractivity (Wildman–Crippen MR) is 60.0 cm³/mol. The van der Waals surface area contributed by atoms with Crippen LogP contribution < -0.4 is 0 Å². The van der Waals surface area contributed by atoms with Crippen LogP contribution in [0.2, 0.25) is 0 Å². The summed E-state index contributed by atoms with van der Waals surface area (Å²) in [5, 5.41) is 13.0. The van der Waals surface area contributed by atoms with Gasteiger partial charge in [0.1, 0.15) is 5.54 Å². The fourth-order valence-electron chi connectivity index (χ4n) is 1.29. The van der Waals surface area contributed by atoms with Crippen LogP contribution in [0.3, 0.4) is 0 Å². The fraction of sp³-hybridized carbons (Fsp3) is 0.364. The Balaban J connectivity index is 3.16. The van der Waals surface area contributed by atoms with Crippen molar-refractivity contribution in [1.82, 2.24) is 0 Å². The number of aliphatic hydroxyl groups excluding tert-OH is 1. The molecule has 0 saturated carbocycles. The molecule has 1 N–H and O–H groups in total. The van der Waals surface area contributed by atoms with E-state index in [-0.39, 0.29) is 5.78 Å². The van der Waals surface area contributed by atoms with Crippen LogP contribution in [-0.4, -0.2) is 22.5 Å². The van der Waals surface area contributed by atoms with E-state index in [1.54, 1.807) is 30.3 Å². The van der Waals surface area contributed by atoms with Gasteiger partial charge >= 0.3 is 0 Å². The average Bonchev–Trinajstić information content (AvgIpc) is 2.29. The summed E-state index contributed by atoms with van der Waals surface area (Å²) in [7, 11) is 0. The van der Waals surface area contributed by atoms with Gasteiger partial charge in [-0.05, 0) is 19.4 Å². The number of hydrogen-bond donors (Lipinski definition) is 1. The molecule has 5 heteroatoms. The third kappa shape index (κ3) is 2.21. The first-order chi connectivity index (χ1) is 7.52. The second-order valence-electron chi connectivity index (χ2n) is 3.71. The van der Waals surface area contributed by atoms with Crippen LogP contribution in [0, 0.1) is 0 Å². The molecule has 1 rings (SSSR count). The number of aliphatic hydroxyl groups is 1. The van der Waals surface area contributed by atoms with Crippen molar-refractivity contribution < 1.29 is 9.90 Å². The van der Waals surface area contributed by atoms with Gasteiger partial charge in [0.25, 0.3) is 0 Å². The van der Waals surface area contributed by atoms with Crippen molar-refractivity contribution in [3.05, 3.63) is 46.3 Å². The minimum Gasteiger partial charge on any atom is -0.392 e. The summed E-state index contributed by atoms with van der Waals surface area (Å²) >= 11 is 0. The van der Waals surface area contributed by atoms with E-state index in [2.05, 4.69) is 10.0 Å². The summed E-state index contributed by atoms with van der Waals surface area (Å²) < 4.78 is 0. The summed E-state index contributed by atoms with van der Waals surface area (Å²) in [4.78, 5) is 14.7. The standard InChI is InChI=1S/C11H13N3O2/c1-8(15)11(2,13-14-12)10(16)9-6-4-3-5-7-9/h3-8,15H,1-2H3/t8-,11+/m1/s1. The Kier molecular flexibility index (Phi) is 3.66. The molecule has 5 nitrogen and oxygen atoms in total. The van der Waals surface area contributed by atoms with E-state index in [1.165, 1.54) is 13.8 Å². The Morgan fingerprint density at radius 3 is 2.50 bits per heavy atom. The normalized spacial score (nSPS) is 15.7. The second kappa shape index (κ2) is 4.79. The number of benzene rings is 1. The molecule has 1 aromatic rings. The smallest absolute Gasteiger partial charge is 0.177 e. The molecule has 0 saturated heterocycles. The van der Waals surface area contributed by atoms with E-state index in [4.69, 9.17) is 5.53 Å². The summed E-state index contributed by atoms with van der Waals surface area (Å²) in [6, 6.07) is 8.45. The molecule has 0 amide bonds. The average molecular weight is 219 g/mol. The number of carbonyl (C=O) groups is 1. The van der Waals surface area contributed by atoms with Gasteiger partial charge < -0.3 is 5.11 Å². The van der Waals surface area contributed by atoms with Crippen molar-refractivity contribution in [3.63, 3.8) is 0 Å². The first-order valence-corrected chi connectivity index (χ1v) is 4.86. The van der Waals surface area contributed by atoms with Gasteiger partial charge in [-0.1, -0.05) is 35.4 Å². The Morgan fingerprint density at radius 1 is 1.50 bits per heavy atom. The first kappa shape index (κ1) is 12.2. The molecule has 0 aromatic heterocycles. The summed E-state index contributed by atoms with van der Waals surface area (Å²) in [6.07, 6.45) is -1.05. The van der Waals surface area contributed by atoms with Crippen LogP contribution in [0.25, 0.3) is 10.4 Å². The molecule has 0 aliphatic carbocycles. The van der Waals surface area contributed by atoms with Gasteiger partial charge in [-0.25, -0.2) is 0 Å². The zero-order valence-electron chi connectivity index (χ0n) is 9.16. The molecule has 1 aromatic carbocycles. The van der Waals surface area contributed by atoms with Gasteiger partial charge in [0, 0.05) is 10.5 Å². The quantitative estimate of drug-likeness (QED) is 0.364. The summed E-state index contributed by atoms with van der Waals surface area (Å²) in [5.41, 5.74) is 7.39. The molecule has 2 atom stereocenters. The van der Waals surface area contributed by atoms with Crippen molar-refractivity contribution in [2.24, 2.45) is 5.11 Å². The number of hydrogen-bond acceptors (Lipinski definition) is 3. The summed E-state index contributed by atoms with van der Waals surface area (Å²) in [5.74, 6) is -0.388. The van der Waals surface area contributed by atoms with Gasteiger partial charge in [0.05, 0.1) is 6.10 Å². The van der Waals surface area contributed by atoms with Crippen molar-refractivity contribution in [2.45, 2.75) is 25.5 Å². The van der Waals surface area contributed by atoms with Gasteiger partial charge in [-0.2, -0.15) is 0 Å². The van der Waals surface area contributed by atoms with Crippen LogP contribution in [-0.2, 0) is 0 Å². The number of Topliss-reactive ketones (excluding diaryl/α,β-unsaturated/α-hetero) is 1. The SMILES string of the molecule is C[C@@H](O)[C@](C)(N=[N+]=[N-])C(=O)c1ccccc1. The molecule has 0 heterocycles. The monoisotopic (exact) mass is 219 g/mol. The van der Waals surface area contributed by atoms with Gasteiger partial charge in [0.2, 0.25) is 0 Å². The molecule has 16 heavy (non-hydrogen) atoms. The topological polar surface area (TPSA) is 86.1 Å². The summed E-state index contributed by atoms with van der Waals surface area (Å²) in [6.45, 7) is 2.85. The highest BCUT2D eigenvalue weighted by Gasteiger charge is 2.37. The maximum absolute atomic E-state index is 12.1. The van der Waals surface area contributed by atoms with Crippen molar-refractivity contribution in [3.8, 4) is 0 Å². The molecule has 0 bridgehead atoms. The van der Waals surface area contributed by atoms with Crippen LogP contribution in [0.4, 0.5) is 0 Å². The minimum atomic E-state index is -1.46. The maximum atomic E-state index is 12.1. The molecule has 84 valence electrons. The Bertz CT molecular complexity index is 424. The lowest BCUT2D eigenvalue weighted by molar-refractivity contribution is 0.0676. The molecular formula is C11H13N3O2. The van der Waals surface area contributed by atoms with E-state index >= 15 is 0 Å². The Hall–Kier alpha value is -1.84. The van der Waals surface area contributed by atoms with E-state index in [0.29, 0.717) is 5.56 Å². The fourth-order valence-corrected chi connectivity index (χ4v) is 1.29. The first-order valence-electron chi connectivity index (χ1n) is 4.86. The Labute approximate surface area is 93.3 Å². The highest BCUT2D eigenvalue weighted by molar-refractivity contribution is 6.03. The Morgan fingerprint density at radius 2 is 2.06 bits per heavy atom. The molecule has 0 aliphatic rings. The largest absolute Gasteiger partial charge is 0.392 e. The third-order valence-corrected chi connectivity index (χ3v) is 2.56. The van der Waals surface area contributed by atoms with Crippen molar-refractivity contribution >= 4 is 5.78 Å². The predicted octanol–water partition coefficient (Wildman–Crippen LogP) is 2.32. The van der Waals surface area contributed by atoms with Crippen LogP contribution in [0.1, 0.15) is 24.2 Å². The van der Waals surface area contributed by atoms with E-state index in [0.717, 1.165) is 0 Å². The highest BCUT2D eigenvalue weighted by atomic mass is 16.3. The van der Waals surface area contributed by atoms with Gasteiger partial charge in [-0.3, -0.25) is 4.79 Å². The molecule has 0 spiro atoms. The molecule has 0 fully saturated rings. The second-order valence-corrected chi connectivity index (χ2v) is 3.71. The molecule has 0 radical (unpaired) electrons. The lowest BCUT2D eigenvalue weighted by Gasteiger charge is -2.25.